The third-order valence-electron chi connectivity index (χ3n) is 12.7. The van der Waals surface area contributed by atoms with Crippen LogP contribution in [0.4, 0.5) is 0 Å². The van der Waals surface area contributed by atoms with Crippen molar-refractivity contribution in [3.05, 3.63) is 127 Å². The van der Waals surface area contributed by atoms with E-state index in [1.165, 1.54) is 4.31 Å². The van der Waals surface area contributed by atoms with Crippen LogP contribution in [0.25, 0.3) is 21.7 Å². The first-order chi connectivity index (χ1) is 30.4. The van der Waals surface area contributed by atoms with Crippen LogP contribution in [0.1, 0.15) is 77.2 Å². The van der Waals surface area contributed by atoms with Gasteiger partial charge in [0, 0.05) is 49.7 Å². The van der Waals surface area contributed by atoms with Gasteiger partial charge in [0.2, 0.25) is 15.8 Å². The van der Waals surface area contributed by atoms with Crippen LogP contribution in [-0.2, 0) is 19.6 Å². The van der Waals surface area contributed by atoms with E-state index in [-0.39, 0.29) is 48.9 Å². The van der Waals surface area contributed by atoms with E-state index in [4.69, 9.17) is 24.2 Å². The number of unbranched alkanes of at least 4 members (excludes halogenated alkanes) is 2. The first kappa shape index (κ1) is 44.5. The molecule has 5 aromatic rings. The Morgan fingerprint density at radius 2 is 1.62 bits per heavy atom. The summed E-state index contributed by atoms with van der Waals surface area (Å²) in [5.41, 5.74) is 2.16. The second kappa shape index (κ2) is 18.5. The largest absolute Gasteiger partial charge is 0.460 e. The number of hydrogen-bond donors (Lipinski definition) is 2. The van der Waals surface area contributed by atoms with Crippen molar-refractivity contribution in [1.82, 2.24) is 9.29 Å². The average Bonchev–Trinajstić information content (AvgIpc) is 3.28. The molecule has 0 radical (unpaired) electrons. The van der Waals surface area contributed by atoms with Crippen LogP contribution in [-0.4, -0.2) is 77.9 Å². The minimum atomic E-state index is -4.26. The van der Waals surface area contributed by atoms with Gasteiger partial charge < -0.3 is 29.3 Å². The Kier molecular flexibility index (Phi) is 13.1. The second-order valence-electron chi connectivity index (χ2n) is 17.9. The number of fused-ring (bicyclic) bond motifs is 4. The van der Waals surface area contributed by atoms with E-state index in [1.54, 1.807) is 37.5 Å². The van der Waals surface area contributed by atoms with Gasteiger partial charge in [0.05, 0.1) is 29.8 Å². The molecule has 8 rings (SSSR count). The Morgan fingerprint density at radius 3 is 2.38 bits per heavy atom. The maximum atomic E-state index is 15.2. The number of sulfonamides is 1. The topological polar surface area (TPSA) is 140 Å². The zero-order chi connectivity index (χ0) is 44.4. The summed E-state index contributed by atoms with van der Waals surface area (Å²) in [6.07, 6.45) is 10.1. The van der Waals surface area contributed by atoms with Crippen molar-refractivity contribution < 1.29 is 37.7 Å². The van der Waals surface area contributed by atoms with Crippen LogP contribution < -0.4 is 9.47 Å². The van der Waals surface area contributed by atoms with Crippen LogP contribution in [0, 0.1) is 17.8 Å². The highest BCUT2D eigenvalue weighted by Crippen LogP contribution is 2.62. The smallest absolute Gasteiger partial charge is 0.245 e. The number of likely N-dealkylation sites (N-methyl/N-ethyl adjacent to an activating group) is 1. The normalized spacial score (nSPS) is 23.8. The average molecular weight is 874 g/mol. The van der Waals surface area contributed by atoms with Gasteiger partial charge in [-0.15, -0.1) is 6.58 Å². The molecule has 0 saturated heterocycles. The number of para-hydroxylation sites is 1. The fourth-order valence-electron chi connectivity index (χ4n) is 9.93. The predicted molar refractivity (Wildman–Crippen MR) is 247 cm³/mol. The Morgan fingerprint density at radius 1 is 0.905 bits per heavy atom. The zero-order valence-corrected chi connectivity index (χ0v) is 37.5. The van der Waals surface area contributed by atoms with Gasteiger partial charge in [-0.05, 0) is 117 Å². The molecule has 1 saturated carbocycles. The molecule has 11 nitrogen and oxygen atoms in total. The predicted octanol–water partition coefficient (Wildman–Crippen LogP) is 9.93. The molecule has 0 bridgehead atoms. The molecule has 1 aliphatic heterocycles. The molecule has 0 unspecified atom stereocenters. The first-order valence-corrected chi connectivity index (χ1v) is 23.6. The molecule has 1 fully saturated rings. The van der Waals surface area contributed by atoms with E-state index >= 15 is 8.42 Å². The number of nitrogens with zero attached hydrogens (tertiary/aromatic N) is 3. The highest BCUT2D eigenvalue weighted by Gasteiger charge is 2.66. The lowest BCUT2D eigenvalue weighted by atomic mass is 9.55. The minimum absolute atomic E-state index is 0.00184. The molecule has 2 N–H and O–H groups in total. The monoisotopic (exact) mass is 873 g/mol. The number of allylic oxidation sites excluding steroid dienone is 1. The summed E-state index contributed by atoms with van der Waals surface area (Å²) in [6.45, 7) is 10.1. The van der Waals surface area contributed by atoms with E-state index < -0.39 is 33.4 Å². The molecular formula is C51H59N3O8S. The number of oxime groups is 1. The number of pyridine rings is 1. The second-order valence-corrected chi connectivity index (χ2v) is 19.9. The Bertz CT molecular complexity index is 2620. The molecule has 0 spiro atoms. The lowest BCUT2D eigenvalue weighted by molar-refractivity contribution is -0.250. The van der Waals surface area contributed by atoms with Crippen molar-refractivity contribution in [2.45, 2.75) is 94.0 Å². The van der Waals surface area contributed by atoms with Crippen molar-refractivity contribution >= 4 is 37.4 Å². The molecule has 63 heavy (non-hydrogen) atoms. The van der Waals surface area contributed by atoms with Crippen molar-refractivity contribution in [3.8, 4) is 17.2 Å². The van der Waals surface area contributed by atoms with E-state index in [2.05, 4.69) is 35.8 Å². The standard InChI is InChI=1S/C51H59N3O8S/c1-6-29-59-51-46(54(5)63(57,58)45-21-13-18-35-19-14-26-52-49(35)45)33-43(53-62-50(2,3)4)41-31-37(17-9-11-27-55)40(20-10-12-28-56)47(48(41)51)42-32-39(24-25-44(42)61-51)60-38-23-22-34-15-7-8-16-36(34)30-38/h6-8,13-16,18-19,21-26,30-32,37,40,46-48,55-56H,1,9-12,17,20,27-29,33H2,2-5H3/t37-,40+,46-,47+,48+,51+/m0/s1. The maximum Gasteiger partial charge on any atom is 0.245 e. The van der Waals surface area contributed by atoms with E-state index in [9.17, 15) is 10.2 Å². The Hall–Kier alpha value is -5.11. The molecule has 4 aromatic carbocycles. The minimum Gasteiger partial charge on any atom is -0.460 e. The van der Waals surface area contributed by atoms with Gasteiger partial charge in [-0.25, -0.2) is 8.42 Å². The van der Waals surface area contributed by atoms with Crippen molar-refractivity contribution in [1.29, 1.82) is 0 Å². The lowest BCUT2D eigenvalue weighted by Gasteiger charge is -2.59. The number of aliphatic hydroxyl groups excluding tert-OH is 2. The number of aromatic nitrogens is 1. The lowest BCUT2D eigenvalue weighted by Crippen LogP contribution is -2.69. The van der Waals surface area contributed by atoms with Crippen LogP contribution in [0.15, 0.2) is 132 Å². The molecule has 0 amide bonds. The van der Waals surface area contributed by atoms with Gasteiger partial charge >= 0.3 is 0 Å². The summed E-state index contributed by atoms with van der Waals surface area (Å²) < 4.78 is 52.8. The van der Waals surface area contributed by atoms with Gasteiger partial charge in [0.25, 0.3) is 0 Å². The fraction of sp³-hybridized carbons (Fsp3) is 0.412. The molecule has 2 aliphatic carbocycles. The SMILES string of the molecule is C=CCO[C@@]12Oc3ccc(Oc4ccc5ccccc5c4)cc3[C@H]3[C@H](CCCCO)[C@@H](CCCCO)C=C(C(=NOC(C)(C)C)C[C@@H]1N(C)S(=O)(=O)c1cccc4cccnc14)[C@H]32. The van der Waals surface area contributed by atoms with Crippen LogP contribution in [0.2, 0.25) is 0 Å². The van der Waals surface area contributed by atoms with Gasteiger partial charge in [0.15, 0.2) is 0 Å². The van der Waals surface area contributed by atoms with Crippen molar-refractivity contribution in [2.75, 3.05) is 26.9 Å². The van der Waals surface area contributed by atoms with Crippen LogP contribution in [0.3, 0.4) is 0 Å². The molecule has 3 aliphatic rings. The van der Waals surface area contributed by atoms with Crippen LogP contribution >= 0.6 is 0 Å². The quantitative estimate of drug-likeness (QED) is 0.0531. The summed E-state index contributed by atoms with van der Waals surface area (Å²) >= 11 is 0. The Balaban J connectivity index is 1.34. The summed E-state index contributed by atoms with van der Waals surface area (Å²) in [4.78, 5) is 10.8. The van der Waals surface area contributed by atoms with Crippen LogP contribution in [0.5, 0.6) is 17.2 Å². The third kappa shape index (κ3) is 8.89. The van der Waals surface area contributed by atoms with Gasteiger partial charge in [0.1, 0.15) is 27.7 Å². The summed E-state index contributed by atoms with van der Waals surface area (Å²) in [5.74, 6) is -0.475. The summed E-state index contributed by atoms with van der Waals surface area (Å²) in [6, 6.07) is 27.9. The van der Waals surface area contributed by atoms with Gasteiger partial charge in [-0.1, -0.05) is 78.7 Å². The molecular weight excluding hydrogens is 815 g/mol. The first-order valence-electron chi connectivity index (χ1n) is 22.1. The number of rotatable bonds is 17. The highest BCUT2D eigenvalue weighted by molar-refractivity contribution is 7.89. The zero-order valence-electron chi connectivity index (χ0n) is 36.7. The number of ether oxygens (including phenoxy) is 3. The summed E-state index contributed by atoms with van der Waals surface area (Å²) in [7, 11) is -2.67. The molecule has 2 heterocycles. The van der Waals surface area contributed by atoms with E-state index in [1.807, 2.05) is 75.4 Å². The molecule has 332 valence electrons. The van der Waals surface area contributed by atoms with Gasteiger partial charge in [-0.3, -0.25) is 4.98 Å². The maximum absolute atomic E-state index is 15.2. The molecule has 6 atom stereocenters. The Labute approximate surface area is 371 Å². The fourth-order valence-corrected chi connectivity index (χ4v) is 11.5. The molecule has 1 aromatic heterocycles. The number of benzene rings is 4. The highest BCUT2D eigenvalue weighted by atomic mass is 32.2. The summed E-state index contributed by atoms with van der Waals surface area (Å²) in [5, 5.41) is 27.7. The number of hydrogen-bond acceptors (Lipinski definition) is 10. The molecule has 12 heteroatoms. The third-order valence-corrected chi connectivity index (χ3v) is 14.6. The van der Waals surface area contributed by atoms with Gasteiger partial charge in [-0.2, -0.15) is 4.31 Å². The van der Waals surface area contributed by atoms with Crippen molar-refractivity contribution in [3.63, 3.8) is 0 Å². The number of aliphatic hydroxyl groups is 2. The van der Waals surface area contributed by atoms with E-state index in [0.29, 0.717) is 46.7 Å². The van der Waals surface area contributed by atoms with Crippen molar-refractivity contribution in [2.24, 2.45) is 22.9 Å². The van der Waals surface area contributed by atoms with E-state index in [0.717, 1.165) is 47.6 Å².